The van der Waals surface area contributed by atoms with Gasteiger partial charge >= 0.3 is 0 Å². The number of hydrazone groups is 1. The molecule has 0 aromatic carbocycles. The van der Waals surface area contributed by atoms with Gasteiger partial charge in [-0.1, -0.05) is 6.58 Å². The number of nitrogens with zero attached hydrogens (tertiary/aromatic N) is 4. The lowest BCUT2D eigenvalue weighted by Crippen LogP contribution is -2.43. The number of nitrogens with one attached hydrogen (secondary N) is 2. The first kappa shape index (κ1) is 19.3. The molecular weight excluding hydrogens is 336 g/mol. The zero-order valence-corrected chi connectivity index (χ0v) is 16.6. The minimum atomic E-state index is 0.660. The lowest BCUT2D eigenvalue weighted by molar-refractivity contribution is 0.200. The van der Waals surface area contributed by atoms with Crippen LogP contribution in [-0.4, -0.2) is 47.5 Å². The SMILES string of the molecule is C=C(/C=N\C(=C/C)N1CCC2NCCC2C1)N/N=C(\C)c1cccnc1C. The third-order valence-corrected chi connectivity index (χ3v) is 5.35. The summed E-state index contributed by atoms with van der Waals surface area (Å²) < 4.78 is 0. The molecule has 0 aliphatic carbocycles. The van der Waals surface area contributed by atoms with Crippen molar-refractivity contribution in [3.63, 3.8) is 0 Å². The molecule has 2 fully saturated rings. The molecule has 2 aliphatic heterocycles. The van der Waals surface area contributed by atoms with E-state index < -0.39 is 0 Å². The van der Waals surface area contributed by atoms with E-state index in [-0.39, 0.29) is 0 Å². The van der Waals surface area contributed by atoms with Gasteiger partial charge in [0.25, 0.3) is 0 Å². The van der Waals surface area contributed by atoms with E-state index in [9.17, 15) is 0 Å². The van der Waals surface area contributed by atoms with Crippen molar-refractivity contribution in [3.05, 3.63) is 53.8 Å². The maximum Gasteiger partial charge on any atom is 0.124 e. The van der Waals surface area contributed by atoms with Gasteiger partial charge in [-0.25, -0.2) is 4.99 Å². The van der Waals surface area contributed by atoms with Gasteiger partial charge in [0.15, 0.2) is 0 Å². The Hall–Kier alpha value is -2.47. The summed E-state index contributed by atoms with van der Waals surface area (Å²) in [4.78, 5) is 11.3. The summed E-state index contributed by atoms with van der Waals surface area (Å²) in [5.41, 5.74) is 6.50. The smallest absolute Gasteiger partial charge is 0.124 e. The summed E-state index contributed by atoms with van der Waals surface area (Å²) in [6.45, 7) is 13.2. The fraction of sp³-hybridized carbons (Fsp3) is 0.476. The molecule has 0 saturated carbocycles. The Morgan fingerprint density at radius 3 is 3.07 bits per heavy atom. The monoisotopic (exact) mass is 366 g/mol. The molecule has 6 nitrogen and oxygen atoms in total. The van der Waals surface area contributed by atoms with E-state index in [1.54, 1.807) is 12.4 Å². The predicted octanol–water partition coefficient (Wildman–Crippen LogP) is 2.83. The molecule has 3 heterocycles. The standard InChI is InChI=1S/C21H30N6/c1-5-21(27-12-9-20-18(14-27)8-11-23-20)24-13-15(2)25-26-17(4)19-7-6-10-22-16(19)3/h5-7,10,13,18,20,23,25H,2,8-9,11-12,14H2,1,3-4H3/b21-5+,24-13-,26-17+. The topological polar surface area (TPSA) is 64.9 Å². The number of hydrogen-bond donors (Lipinski definition) is 2. The zero-order valence-electron chi connectivity index (χ0n) is 16.6. The van der Waals surface area contributed by atoms with Crippen molar-refractivity contribution in [3.8, 4) is 0 Å². The van der Waals surface area contributed by atoms with Crippen molar-refractivity contribution in [1.29, 1.82) is 0 Å². The predicted molar refractivity (Wildman–Crippen MR) is 112 cm³/mol. The average molecular weight is 367 g/mol. The van der Waals surface area contributed by atoms with Crippen LogP contribution in [0.25, 0.3) is 0 Å². The van der Waals surface area contributed by atoms with Crippen molar-refractivity contribution in [2.24, 2.45) is 16.0 Å². The van der Waals surface area contributed by atoms with Crippen LogP contribution in [0, 0.1) is 12.8 Å². The van der Waals surface area contributed by atoms with Crippen LogP contribution in [0.2, 0.25) is 0 Å². The highest BCUT2D eigenvalue weighted by molar-refractivity contribution is 5.99. The van der Waals surface area contributed by atoms with E-state index >= 15 is 0 Å². The Labute approximate surface area is 162 Å². The fourth-order valence-electron chi connectivity index (χ4n) is 3.85. The molecule has 0 spiro atoms. The molecule has 6 heteroatoms. The van der Waals surface area contributed by atoms with Gasteiger partial charge in [0.2, 0.25) is 0 Å². The highest BCUT2D eigenvalue weighted by Crippen LogP contribution is 2.26. The molecule has 1 aromatic rings. The maximum atomic E-state index is 4.65. The first-order valence-corrected chi connectivity index (χ1v) is 9.68. The van der Waals surface area contributed by atoms with Crippen molar-refractivity contribution in [2.45, 2.75) is 39.7 Å². The van der Waals surface area contributed by atoms with E-state index in [1.807, 2.05) is 32.9 Å². The number of aromatic nitrogens is 1. The van der Waals surface area contributed by atoms with E-state index in [0.29, 0.717) is 11.7 Å². The number of allylic oxidation sites excluding steroid dienone is 2. The van der Waals surface area contributed by atoms with Crippen LogP contribution in [-0.2, 0) is 0 Å². The minimum Gasteiger partial charge on any atom is -0.356 e. The second kappa shape index (κ2) is 8.95. The van der Waals surface area contributed by atoms with Crippen molar-refractivity contribution < 1.29 is 0 Å². The summed E-state index contributed by atoms with van der Waals surface area (Å²) in [5.74, 6) is 1.74. The molecule has 144 valence electrons. The number of pyridine rings is 1. The molecule has 2 aliphatic rings. The number of aliphatic imine (C=N–C) groups is 1. The molecule has 3 rings (SSSR count). The normalized spacial score (nSPS) is 23.6. The second-order valence-corrected chi connectivity index (χ2v) is 7.22. The van der Waals surface area contributed by atoms with Crippen molar-refractivity contribution >= 4 is 11.9 Å². The van der Waals surface area contributed by atoms with Gasteiger partial charge in [-0.05, 0) is 64.3 Å². The first-order chi connectivity index (χ1) is 13.1. The number of fused-ring (bicyclic) bond motifs is 1. The molecule has 0 amide bonds. The van der Waals surface area contributed by atoms with Gasteiger partial charge in [0.1, 0.15) is 5.82 Å². The third-order valence-electron chi connectivity index (χ3n) is 5.35. The summed E-state index contributed by atoms with van der Waals surface area (Å²) >= 11 is 0. The molecule has 0 bridgehead atoms. The van der Waals surface area contributed by atoms with Gasteiger partial charge in [-0.15, -0.1) is 0 Å². The van der Waals surface area contributed by atoms with E-state index in [1.165, 1.54) is 12.8 Å². The number of likely N-dealkylation sites (tertiary alicyclic amines) is 1. The Morgan fingerprint density at radius 2 is 2.30 bits per heavy atom. The van der Waals surface area contributed by atoms with E-state index in [2.05, 4.69) is 43.4 Å². The largest absolute Gasteiger partial charge is 0.356 e. The van der Waals surface area contributed by atoms with Crippen LogP contribution in [0.1, 0.15) is 37.9 Å². The van der Waals surface area contributed by atoms with Crippen LogP contribution in [0.3, 0.4) is 0 Å². The lowest BCUT2D eigenvalue weighted by atomic mass is 9.93. The maximum absolute atomic E-state index is 4.65. The molecule has 1 aromatic heterocycles. The number of aryl methyl sites for hydroxylation is 1. The Kier molecular flexibility index (Phi) is 6.40. The lowest BCUT2D eigenvalue weighted by Gasteiger charge is -2.36. The highest BCUT2D eigenvalue weighted by Gasteiger charge is 2.32. The average Bonchev–Trinajstić information content (AvgIpc) is 3.15. The van der Waals surface area contributed by atoms with Crippen molar-refractivity contribution in [2.75, 3.05) is 19.6 Å². The molecule has 0 radical (unpaired) electrons. The Bertz CT molecular complexity index is 764. The van der Waals surface area contributed by atoms with E-state index in [4.69, 9.17) is 0 Å². The van der Waals surface area contributed by atoms with Crippen molar-refractivity contribution in [1.82, 2.24) is 20.6 Å². The Balaban J connectivity index is 1.57. The zero-order chi connectivity index (χ0) is 19.2. The highest BCUT2D eigenvalue weighted by atomic mass is 15.3. The number of rotatable bonds is 6. The third kappa shape index (κ3) is 4.83. The molecule has 2 N–H and O–H groups in total. The van der Waals surface area contributed by atoms with Crippen LogP contribution >= 0.6 is 0 Å². The number of hydrogen-bond acceptors (Lipinski definition) is 6. The quantitative estimate of drug-likeness (QED) is 0.600. The van der Waals surface area contributed by atoms with E-state index in [0.717, 1.165) is 48.3 Å². The summed E-state index contributed by atoms with van der Waals surface area (Å²) in [6, 6.07) is 4.62. The van der Waals surface area contributed by atoms with Crippen LogP contribution in [0.4, 0.5) is 0 Å². The second-order valence-electron chi connectivity index (χ2n) is 7.22. The van der Waals surface area contributed by atoms with Crippen LogP contribution < -0.4 is 10.7 Å². The molecular formula is C21H30N6. The first-order valence-electron chi connectivity index (χ1n) is 9.68. The fourth-order valence-corrected chi connectivity index (χ4v) is 3.85. The molecule has 2 unspecified atom stereocenters. The van der Waals surface area contributed by atoms with Crippen LogP contribution in [0.5, 0.6) is 0 Å². The number of piperidine rings is 1. The summed E-state index contributed by atoms with van der Waals surface area (Å²) in [6.07, 6.45) is 8.05. The molecule has 2 atom stereocenters. The van der Waals surface area contributed by atoms with Gasteiger partial charge in [-0.2, -0.15) is 5.10 Å². The summed E-state index contributed by atoms with van der Waals surface area (Å²) in [5, 5.41) is 8.01. The van der Waals surface area contributed by atoms with Gasteiger partial charge < -0.3 is 10.2 Å². The summed E-state index contributed by atoms with van der Waals surface area (Å²) in [7, 11) is 0. The molecule has 27 heavy (non-hydrogen) atoms. The molecule has 2 saturated heterocycles. The Morgan fingerprint density at radius 1 is 1.44 bits per heavy atom. The van der Waals surface area contributed by atoms with Gasteiger partial charge in [-0.3, -0.25) is 10.4 Å². The van der Waals surface area contributed by atoms with Crippen LogP contribution in [0.15, 0.2) is 52.6 Å². The van der Waals surface area contributed by atoms with Gasteiger partial charge in [0, 0.05) is 36.6 Å². The minimum absolute atomic E-state index is 0.660. The van der Waals surface area contributed by atoms with Gasteiger partial charge in [0.05, 0.1) is 17.6 Å².